The Balaban J connectivity index is 2.20. The number of thiophene rings is 1. The van der Waals surface area contributed by atoms with Crippen molar-refractivity contribution in [2.75, 3.05) is 13.7 Å². The molecule has 1 saturated carbocycles. The standard InChI is InChI=1S/C10H12O3S/c1-13-6-10(2-3-10)8-4-7(5-14-8)9(11)12/h4-5H,2-3,6H2,1H3,(H,11,12). The third kappa shape index (κ3) is 1.55. The van der Waals surface area contributed by atoms with E-state index in [4.69, 9.17) is 9.84 Å². The van der Waals surface area contributed by atoms with Crippen LogP contribution in [-0.2, 0) is 10.2 Å². The summed E-state index contributed by atoms with van der Waals surface area (Å²) in [7, 11) is 1.69. The van der Waals surface area contributed by atoms with E-state index in [-0.39, 0.29) is 5.41 Å². The minimum absolute atomic E-state index is 0.132. The van der Waals surface area contributed by atoms with Gasteiger partial charge >= 0.3 is 5.97 Å². The number of hydrogen-bond acceptors (Lipinski definition) is 3. The van der Waals surface area contributed by atoms with E-state index < -0.39 is 5.97 Å². The van der Waals surface area contributed by atoms with Gasteiger partial charge in [0.05, 0.1) is 12.2 Å². The first kappa shape index (κ1) is 9.68. The molecule has 1 aliphatic carbocycles. The highest BCUT2D eigenvalue weighted by atomic mass is 32.1. The Bertz CT molecular complexity index is 352. The van der Waals surface area contributed by atoms with Gasteiger partial charge < -0.3 is 9.84 Å². The van der Waals surface area contributed by atoms with E-state index in [1.54, 1.807) is 18.6 Å². The summed E-state index contributed by atoms with van der Waals surface area (Å²) in [5.74, 6) is -0.847. The Morgan fingerprint density at radius 2 is 2.43 bits per heavy atom. The summed E-state index contributed by atoms with van der Waals surface area (Å²) >= 11 is 1.53. The second-order valence-corrected chi connectivity index (χ2v) is 4.63. The third-order valence-corrected chi connectivity index (χ3v) is 3.82. The highest BCUT2D eigenvalue weighted by molar-refractivity contribution is 7.10. The second kappa shape index (κ2) is 3.37. The van der Waals surface area contributed by atoms with Crippen LogP contribution in [0.1, 0.15) is 28.1 Å². The fraction of sp³-hybridized carbons (Fsp3) is 0.500. The monoisotopic (exact) mass is 212 g/mol. The summed E-state index contributed by atoms with van der Waals surface area (Å²) in [6.07, 6.45) is 2.22. The molecule has 14 heavy (non-hydrogen) atoms. The number of ether oxygens (including phenoxy) is 1. The van der Waals surface area contributed by atoms with Crippen LogP contribution in [0.2, 0.25) is 0 Å². The van der Waals surface area contributed by atoms with Crippen LogP contribution in [0.4, 0.5) is 0 Å². The molecular formula is C10H12O3S. The normalized spacial score (nSPS) is 18.1. The summed E-state index contributed by atoms with van der Waals surface area (Å²) in [4.78, 5) is 11.8. The summed E-state index contributed by atoms with van der Waals surface area (Å²) in [5.41, 5.74) is 0.528. The average molecular weight is 212 g/mol. The molecule has 0 spiro atoms. The number of carbonyl (C=O) groups is 1. The van der Waals surface area contributed by atoms with Gasteiger partial charge in [0.1, 0.15) is 0 Å². The third-order valence-electron chi connectivity index (χ3n) is 2.64. The lowest BCUT2D eigenvalue weighted by Crippen LogP contribution is -2.12. The van der Waals surface area contributed by atoms with Crippen LogP contribution in [-0.4, -0.2) is 24.8 Å². The SMILES string of the molecule is COCC1(c2cc(C(=O)O)cs2)CC1. The largest absolute Gasteiger partial charge is 0.478 e. The zero-order valence-corrected chi connectivity index (χ0v) is 8.76. The van der Waals surface area contributed by atoms with Gasteiger partial charge in [0.25, 0.3) is 0 Å². The summed E-state index contributed by atoms with van der Waals surface area (Å²) in [5, 5.41) is 10.5. The van der Waals surface area contributed by atoms with E-state index in [1.807, 2.05) is 0 Å². The van der Waals surface area contributed by atoms with Gasteiger partial charge in [0, 0.05) is 22.8 Å². The van der Waals surface area contributed by atoms with Crippen molar-refractivity contribution in [3.8, 4) is 0 Å². The van der Waals surface area contributed by atoms with Crippen molar-refractivity contribution >= 4 is 17.3 Å². The Hall–Kier alpha value is -0.870. The van der Waals surface area contributed by atoms with Crippen molar-refractivity contribution in [3.05, 3.63) is 21.9 Å². The molecule has 1 aromatic rings. The maximum absolute atomic E-state index is 10.7. The van der Waals surface area contributed by atoms with Gasteiger partial charge in [-0.2, -0.15) is 0 Å². The molecule has 1 fully saturated rings. The fourth-order valence-electron chi connectivity index (χ4n) is 1.62. The number of carboxylic acids is 1. The highest BCUT2D eigenvalue weighted by Gasteiger charge is 2.45. The lowest BCUT2D eigenvalue weighted by Gasteiger charge is -2.10. The summed E-state index contributed by atoms with van der Waals surface area (Å²) < 4.78 is 5.15. The number of carboxylic acid groups (broad SMARTS) is 1. The zero-order chi connectivity index (χ0) is 10.2. The first-order valence-corrected chi connectivity index (χ1v) is 5.37. The molecule has 0 amide bonds. The number of hydrogen-bond donors (Lipinski definition) is 1. The van der Waals surface area contributed by atoms with Crippen LogP contribution >= 0.6 is 11.3 Å². The minimum Gasteiger partial charge on any atom is -0.478 e. The molecule has 0 unspecified atom stereocenters. The first-order valence-electron chi connectivity index (χ1n) is 4.49. The van der Waals surface area contributed by atoms with Gasteiger partial charge in [-0.25, -0.2) is 4.79 Å². The Morgan fingerprint density at radius 1 is 1.71 bits per heavy atom. The van der Waals surface area contributed by atoms with Gasteiger partial charge in [-0.3, -0.25) is 0 Å². The van der Waals surface area contributed by atoms with Gasteiger partial charge in [-0.05, 0) is 18.9 Å². The van der Waals surface area contributed by atoms with Crippen molar-refractivity contribution in [2.24, 2.45) is 0 Å². The zero-order valence-electron chi connectivity index (χ0n) is 7.95. The smallest absolute Gasteiger partial charge is 0.336 e. The minimum atomic E-state index is -0.847. The molecule has 76 valence electrons. The van der Waals surface area contributed by atoms with Crippen LogP contribution in [0.3, 0.4) is 0 Å². The average Bonchev–Trinajstić information content (AvgIpc) is 2.77. The Kier molecular flexibility index (Phi) is 2.33. The second-order valence-electron chi connectivity index (χ2n) is 3.72. The lowest BCUT2D eigenvalue weighted by atomic mass is 10.1. The van der Waals surface area contributed by atoms with Gasteiger partial charge in [0.2, 0.25) is 0 Å². The fourth-order valence-corrected chi connectivity index (χ4v) is 2.75. The van der Waals surface area contributed by atoms with Crippen LogP contribution in [0.5, 0.6) is 0 Å². The molecule has 4 heteroatoms. The van der Waals surface area contributed by atoms with Crippen molar-refractivity contribution in [1.29, 1.82) is 0 Å². The van der Waals surface area contributed by atoms with Gasteiger partial charge in [0.15, 0.2) is 0 Å². The van der Waals surface area contributed by atoms with Crippen molar-refractivity contribution in [3.63, 3.8) is 0 Å². The molecule has 1 aromatic heterocycles. The van der Waals surface area contributed by atoms with Gasteiger partial charge in [-0.1, -0.05) is 0 Å². The molecule has 0 atom stereocenters. The maximum Gasteiger partial charge on any atom is 0.336 e. The molecular weight excluding hydrogens is 200 g/mol. The molecule has 0 saturated heterocycles. The first-order chi connectivity index (χ1) is 6.68. The van der Waals surface area contributed by atoms with Crippen molar-refractivity contribution in [1.82, 2.24) is 0 Å². The lowest BCUT2D eigenvalue weighted by molar-refractivity contribution is 0.0697. The summed E-state index contributed by atoms with van der Waals surface area (Å²) in [6.45, 7) is 0.701. The number of methoxy groups -OCH3 is 1. The summed E-state index contributed by atoms with van der Waals surface area (Å²) in [6, 6.07) is 1.78. The predicted molar refractivity (Wildman–Crippen MR) is 54.1 cm³/mol. The van der Waals surface area contributed by atoms with Crippen molar-refractivity contribution < 1.29 is 14.6 Å². The number of rotatable bonds is 4. The predicted octanol–water partition coefficient (Wildman–Crippen LogP) is 2.12. The molecule has 3 nitrogen and oxygen atoms in total. The molecule has 0 bridgehead atoms. The van der Waals surface area contributed by atoms with E-state index in [1.165, 1.54) is 11.3 Å². The Morgan fingerprint density at radius 3 is 2.86 bits per heavy atom. The van der Waals surface area contributed by atoms with E-state index in [9.17, 15) is 4.79 Å². The topological polar surface area (TPSA) is 46.5 Å². The molecule has 0 radical (unpaired) electrons. The Labute approximate surface area is 86.3 Å². The molecule has 2 rings (SSSR count). The molecule has 1 N–H and O–H groups in total. The molecule has 1 heterocycles. The molecule has 0 aliphatic heterocycles. The molecule has 1 aliphatic rings. The molecule has 0 aromatic carbocycles. The van der Waals surface area contributed by atoms with Crippen LogP contribution in [0.15, 0.2) is 11.4 Å². The van der Waals surface area contributed by atoms with E-state index in [2.05, 4.69) is 0 Å². The maximum atomic E-state index is 10.7. The van der Waals surface area contributed by atoms with Gasteiger partial charge in [-0.15, -0.1) is 11.3 Å². The highest BCUT2D eigenvalue weighted by Crippen LogP contribution is 2.50. The van der Waals surface area contributed by atoms with E-state index in [0.29, 0.717) is 12.2 Å². The van der Waals surface area contributed by atoms with Crippen LogP contribution < -0.4 is 0 Å². The van der Waals surface area contributed by atoms with Crippen molar-refractivity contribution in [2.45, 2.75) is 18.3 Å². The van der Waals surface area contributed by atoms with Crippen LogP contribution in [0, 0.1) is 0 Å². The van der Waals surface area contributed by atoms with Crippen LogP contribution in [0.25, 0.3) is 0 Å². The van der Waals surface area contributed by atoms with E-state index in [0.717, 1.165) is 17.7 Å². The number of aromatic carboxylic acids is 1. The quantitative estimate of drug-likeness (QED) is 0.831. The van der Waals surface area contributed by atoms with E-state index >= 15 is 0 Å².